The molecule has 0 saturated carbocycles. The molecule has 21 heavy (non-hydrogen) atoms. The zero-order valence-corrected chi connectivity index (χ0v) is 12.2. The summed E-state index contributed by atoms with van der Waals surface area (Å²) < 4.78 is 13.3. The van der Waals surface area contributed by atoms with Crippen LogP contribution in [-0.2, 0) is 0 Å². The number of aromatic nitrogens is 1. The van der Waals surface area contributed by atoms with Gasteiger partial charge in [0.05, 0.1) is 16.7 Å². The summed E-state index contributed by atoms with van der Waals surface area (Å²) in [6.45, 7) is -0.0921. The minimum absolute atomic E-state index is 0.0304. The molecule has 0 aliphatic heterocycles. The third-order valence-corrected chi connectivity index (χ3v) is 3.40. The summed E-state index contributed by atoms with van der Waals surface area (Å²) in [5, 5.41) is 12.5. The fourth-order valence-corrected chi connectivity index (χ4v) is 2.00. The normalized spacial score (nSPS) is 12.0. The highest BCUT2D eigenvalue weighted by Gasteiger charge is 2.14. The Morgan fingerprint density at radius 2 is 2.14 bits per heavy atom. The van der Waals surface area contributed by atoms with Gasteiger partial charge in [0.15, 0.2) is 0 Å². The molecule has 0 fully saturated rings. The summed E-state index contributed by atoms with van der Waals surface area (Å²) in [6, 6.07) is 7.04. The minimum atomic E-state index is -1.06. The Morgan fingerprint density at radius 3 is 2.81 bits per heavy atom. The Bertz CT molecular complexity index is 667. The van der Waals surface area contributed by atoms with Gasteiger partial charge in [-0.05, 0) is 29.8 Å². The molecule has 7 heteroatoms. The van der Waals surface area contributed by atoms with Crippen molar-refractivity contribution in [2.75, 3.05) is 6.54 Å². The van der Waals surface area contributed by atoms with E-state index in [4.69, 9.17) is 23.2 Å². The molecule has 1 aromatic heterocycles. The standard InChI is InChI=1S/C14H11Cl2FN2O2/c15-10-4-3-8(6-11(10)17)12(20)7-19-14(21)9-2-1-5-18-13(9)16/h1-6,12,20H,7H2,(H,19,21). The summed E-state index contributed by atoms with van der Waals surface area (Å²) in [7, 11) is 0. The highest BCUT2D eigenvalue weighted by atomic mass is 35.5. The number of carbonyl (C=O) groups excluding carboxylic acids is 1. The highest BCUT2D eigenvalue weighted by molar-refractivity contribution is 6.32. The minimum Gasteiger partial charge on any atom is -0.387 e. The lowest BCUT2D eigenvalue weighted by Gasteiger charge is -2.13. The van der Waals surface area contributed by atoms with E-state index in [1.54, 1.807) is 6.07 Å². The van der Waals surface area contributed by atoms with Gasteiger partial charge >= 0.3 is 0 Å². The number of aliphatic hydroxyl groups excluding tert-OH is 1. The van der Waals surface area contributed by atoms with Crippen LogP contribution in [0.2, 0.25) is 10.2 Å². The van der Waals surface area contributed by atoms with Crippen molar-refractivity contribution in [1.29, 1.82) is 0 Å². The molecule has 1 aromatic carbocycles. The fraction of sp³-hybridized carbons (Fsp3) is 0.143. The largest absolute Gasteiger partial charge is 0.387 e. The van der Waals surface area contributed by atoms with Crippen LogP contribution in [0.1, 0.15) is 22.0 Å². The third-order valence-electron chi connectivity index (χ3n) is 2.79. The SMILES string of the molecule is O=C(NCC(O)c1ccc(Cl)c(F)c1)c1cccnc1Cl. The maximum Gasteiger partial charge on any atom is 0.254 e. The van der Waals surface area contributed by atoms with E-state index in [-0.39, 0.29) is 22.3 Å². The molecular formula is C14H11Cl2FN2O2. The van der Waals surface area contributed by atoms with Gasteiger partial charge in [0.2, 0.25) is 0 Å². The Hall–Kier alpha value is -1.69. The van der Waals surface area contributed by atoms with E-state index in [0.29, 0.717) is 5.56 Å². The summed E-state index contributed by atoms with van der Waals surface area (Å²) in [4.78, 5) is 15.7. The van der Waals surface area contributed by atoms with E-state index in [1.807, 2.05) is 0 Å². The van der Waals surface area contributed by atoms with Crippen molar-refractivity contribution >= 4 is 29.1 Å². The van der Waals surface area contributed by atoms with Crippen LogP contribution in [0.4, 0.5) is 4.39 Å². The predicted molar refractivity (Wildman–Crippen MR) is 78.0 cm³/mol. The highest BCUT2D eigenvalue weighted by Crippen LogP contribution is 2.20. The molecule has 1 amide bonds. The number of benzene rings is 1. The summed E-state index contributed by atoms with van der Waals surface area (Å²) in [5.41, 5.74) is 0.517. The molecule has 0 radical (unpaired) electrons. The number of nitrogens with one attached hydrogen (secondary N) is 1. The molecular weight excluding hydrogens is 318 g/mol. The molecule has 0 aliphatic carbocycles. The maximum atomic E-state index is 13.3. The van der Waals surface area contributed by atoms with Crippen molar-refractivity contribution in [2.45, 2.75) is 6.10 Å². The van der Waals surface area contributed by atoms with Gasteiger partial charge in [-0.25, -0.2) is 9.37 Å². The fourth-order valence-electron chi connectivity index (χ4n) is 1.68. The van der Waals surface area contributed by atoms with Crippen LogP contribution in [0.3, 0.4) is 0 Å². The number of carbonyl (C=O) groups is 1. The molecule has 1 unspecified atom stereocenters. The topological polar surface area (TPSA) is 62.2 Å². The van der Waals surface area contributed by atoms with Crippen molar-refractivity contribution in [3.63, 3.8) is 0 Å². The average Bonchev–Trinajstić information content (AvgIpc) is 2.47. The molecule has 2 N–H and O–H groups in total. The first kappa shape index (κ1) is 15.7. The number of pyridine rings is 1. The number of nitrogens with zero attached hydrogens (tertiary/aromatic N) is 1. The molecule has 0 saturated heterocycles. The Balaban J connectivity index is 2.01. The predicted octanol–water partition coefficient (Wildman–Crippen LogP) is 2.99. The van der Waals surface area contributed by atoms with Crippen molar-refractivity contribution < 1.29 is 14.3 Å². The van der Waals surface area contributed by atoms with Gasteiger partial charge in [0.1, 0.15) is 11.0 Å². The van der Waals surface area contributed by atoms with Gasteiger partial charge in [-0.15, -0.1) is 0 Å². The van der Waals surface area contributed by atoms with Crippen molar-refractivity contribution in [3.8, 4) is 0 Å². The Labute approximate surface area is 130 Å². The summed E-state index contributed by atoms with van der Waals surface area (Å²) >= 11 is 11.4. The molecule has 4 nitrogen and oxygen atoms in total. The molecule has 2 aromatic rings. The van der Waals surface area contributed by atoms with E-state index in [0.717, 1.165) is 6.07 Å². The van der Waals surface area contributed by atoms with Crippen LogP contribution >= 0.6 is 23.2 Å². The van der Waals surface area contributed by atoms with Gasteiger partial charge in [-0.2, -0.15) is 0 Å². The zero-order chi connectivity index (χ0) is 15.4. The number of rotatable bonds is 4. The first-order chi connectivity index (χ1) is 9.99. The second-order valence-corrected chi connectivity index (χ2v) is 5.01. The van der Waals surface area contributed by atoms with Crippen molar-refractivity contribution in [3.05, 3.63) is 63.6 Å². The van der Waals surface area contributed by atoms with Gasteiger partial charge in [-0.1, -0.05) is 29.3 Å². The van der Waals surface area contributed by atoms with E-state index >= 15 is 0 Å². The zero-order valence-electron chi connectivity index (χ0n) is 10.7. The van der Waals surface area contributed by atoms with Crippen LogP contribution in [0.25, 0.3) is 0 Å². The lowest BCUT2D eigenvalue weighted by molar-refractivity contribution is 0.0916. The van der Waals surface area contributed by atoms with E-state index < -0.39 is 17.8 Å². The number of hydrogen-bond donors (Lipinski definition) is 2. The first-order valence-corrected chi connectivity index (χ1v) is 6.76. The van der Waals surface area contributed by atoms with Crippen LogP contribution in [0.15, 0.2) is 36.5 Å². The van der Waals surface area contributed by atoms with Gasteiger partial charge in [0, 0.05) is 12.7 Å². The lowest BCUT2D eigenvalue weighted by atomic mass is 10.1. The number of aliphatic hydroxyl groups is 1. The Kier molecular flexibility index (Phi) is 5.12. The second-order valence-electron chi connectivity index (χ2n) is 4.24. The number of halogens is 3. The van der Waals surface area contributed by atoms with Crippen molar-refractivity contribution in [1.82, 2.24) is 10.3 Å². The monoisotopic (exact) mass is 328 g/mol. The van der Waals surface area contributed by atoms with Gasteiger partial charge < -0.3 is 10.4 Å². The van der Waals surface area contributed by atoms with Gasteiger partial charge in [0.25, 0.3) is 5.91 Å². The van der Waals surface area contributed by atoms with Crippen LogP contribution in [0, 0.1) is 5.82 Å². The smallest absolute Gasteiger partial charge is 0.254 e. The molecule has 0 bridgehead atoms. The molecule has 110 valence electrons. The molecule has 1 heterocycles. The van der Waals surface area contributed by atoms with E-state index in [1.165, 1.54) is 24.4 Å². The van der Waals surface area contributed by atoms with Gasteiger partial charge in [-0.3, -0.25) is 4.79 Å². The quantitative estimate of drug-likeness (QED) is 0.848. The van der Waals surface area contributed by atoms with Crippen LogP contribution in [0.5, 0.6) is 0 Å². The summed E-state index contributed by atoms with van der Waals surface area (Å²) in [6.07, 6.45) is 0.404. The molecule has 0 aliphatic rings. The summed E-state index contributed by atoms with van der Waals surface area (Å²) in [5.74, 6) is -1.10. The van der Waals surface area contributed by atoms with Crippen molar-refractivity contribution in [2.24, 2.45) is 0 Å². The van der Waals surface area contributed by atoms with E-state index in [9.17, 15) is 14.3 Å². The van der Waals surface area contributed by atoms with E-state index in [2.05, 4.69) is 10.3 Å². The molecule has 1 atom stereocenters. The molecule has 2 rings (SSSR count). The first-order valence-electron chi connectivity index (χ1n) is 6.00. The number of hydrogen-bond acceptors (Lipinski definition) is 3. The second kappa shape index (κ2) is 6.85. The number of amides is 1. The molecule has 0 spiro atoms. The van der Waals surface area contributed by atoms with Crippen LogP contribution in [-0.4, -0.2) is 22.5 Å². The lowest BCUT2D eigenvalue weighted by Crippen LogP contribution is -2.28. The third kappa shape index (κ3) is 3.91. The average molecular weight is 329 g/mol. The van der Waals surface area contributed by atoms with Crippen LogP contribution < -0.4 is 5.32 Å². The Morgan fingerprint density at radius 1 is 1.38 bits per heavy atom. The maximum absolute atomic E-state index is 13.3.